The molecule has 31 heavy (non-hydrogen) atoms. The average molecular weight is 418 g/mol. The van der Waals surface area contributed by atoms with Crippen LogP contribution in [0, 0.1) is 5.92 Å². The van der Waals surface area contributed by atoms with Gasteiger partial charge in [0.25, 0.3) is 5.91 Å². The maximum atomic E-state index is 13.1. The molecule has 2 N–H and O–H groups in total. The number of aliphatic hydroxyl groups excluding tert-OH is 1. The van der Waals surface area contributed by atoms with E-state index in [9.17, 15) is 9.90 Å². The molecule has 4 rings (SSSR count). The van der Waals surface area contributed by atoms with Crippen molar-refractivity contribution >= 4 is 5.91 Å². The van der Waals surface area contributed by atoms with E-state index in [1.807, 2.05) is 48.5 Å². The predicted molar refractivity (Wildman–Crippen MR) is 118 cm³/mol. The summed E-state index contributed by atoms with van der Waals surface area (Å²) in [6, 6.07) is 16.9. The van der Waals surface area contributed by atoms with Gasteiger partial charge in [-0.3, -0.25) is 4.79 Å². The summed E-state index contributed by atoms with van der Waals surface area (Å²) in [4.78, 5) is 17.5. The molecule has 0 saturated heterocycles. The van der Waals surface area contributed by atoms with Crippen molar-refractivity contribution in [2.75, 3.05) is 13.7 Å². The number of methoxy groups -OCH3 is 1. The van der Waals surface area contributed by atoms with Crippen molar-refractivity contribution in [1.82, 2.24) is 10.3 Å². The number of ether oxygens (including phenoxy) is 2. The molecule has 0 bridgehead atoms. The van der Waals surface area contributed by atoms with Crippen LogP contribution in [0.1, 0.15) is 34.3 Å². The normalized spacial score (nSPS) is 13.0. The van der Waals surface area contributed by atoms with Crippen molar-refractivity contribution in [2.45, 2.75) is 26.0 Å². The number of aromatic nitrogens is 1. The first-order valence-electron chi connectivity index (χ1n) is 10.4. The smallest absolute Gasteiger partial charge is 0.257 e. The Balaban J connectivity index is 1.59. The molecular weight excluding hydrogens is 392 g/mol. The monoisotopic (exact) mass is 418 g/mol. The molecule has 1 aliphatic carbocycles. The number of pyridine rings is 1. The largest absolute Gasteiger partial charge is 0.497 e. The lowest BCUT2D eigenvalue weighted by Crippen LogP contribution is -2.24. The van der Waals surface area contributed by atoms with Crippen molar-refractivity contribution in [3.05, 3.63) is 77.5 Å². The lowest BCUT2D eigenvalue weighted by atomic mass is 10.00. The van der Waals surface area contributed by atoms with Gasteiger partial charge in [0, 0.05) is 18.3 Å². The van der Waals surface area contributed by atoms with Gasteiger partial charge in [0.1, 0.15) is 11.3 Å². The van der Waals surface area contributed by atoms with Crippen LogP contribution in [-0.2, 0) is 13.2 Å². The molecule has 160 valence electrons. The minimum atomic E-state index is -0.260. The molecule has 0 atom stereocenters. The van der Waals surface area contributed by atoms with Crippen LogP contribution in [0.25, 0.3) is 11.1 Å². The number of nitrogens with zero attached hydrogens (tertiary/aromatic N) is 1. The molecule has 1 heterocycles. The van der Waals surface area contributed by atoms with E-state index in [0.29, 0.717) is 30.5 Å². The molecule has 1 saturated carbocycles. The van der Waals surface area contributed by atoms with Gasteiger partial charge in [-0.2, -0.15) is 0 Å². The first-order valence-corrected chi connectivity index (χ1v) is 10.4. The molecule has 1 aliphatic rings. The molecule has 1 amide bonds. The fraction of sp³-hybridized carbons (Fsp3) is 0.280. The van der Waals surface area contributed by atoms with Crippen LogP contribution < -0.4 is 14.8 Å². The van der Waals surface area contributed by atoms with Crippen LogP contribution in [-0.4, -0.2) is 29.7 Å². The molecule has 6 nitrogen and oxygen atoms in total. The number of amides is 1. The van der Waals surface area contributed by atoms with E-state index in [1.54, 1.807) is 19.4 Å². The van der Waals surface area contributed by atoms with Gasteiger partial charge in [-0.25, -0.2) is 4.98 Å². The van der Waals surface area contributed by atoms with Crippen LogP contribution >= 0.6 is 0 Å². The van der Waals surface area contributed by atoms with E-state index in [2.05, 4.69) is 10.3 Å². The standard InChI is InChI=1S/C25H26N2O4/c1-30-21-7-4-5-18(11-21)13-26-24(29)23-12-20(22-8-3-2-6-19(22)15-28)14-27-25(23)31-16-17-9-10-17/h2-8,11-12,14,17,28H,9-10,13,15-16H2,1H3,(H,26,29). The summed E-state index contributed by atoms with van der Waals surface area (Å²) in [6.07, 6.45) is 3.99. The zero-order chi connectivity index (χ0) is 21.6. The maximum absolute atomic E-state index is 13.1. The zero-order valence-electron chi connectivity index (χ0n) is 17.5. The second-order valence-electron chi connectivity index (χ2n) is 7.68. The molecule has 3 aromatic rings. The first kappa shape index (κ1) is 20.9. The van der Waals surface area contributed by atoms with Gasteiger partial charge in [-0.05, 0) is 53.6 Å². The number of carbonyl (C=O) groups is 1. The summed E-state index contributed by atoms with van der Waals surface area (Å²) in [5.41, 5.74) is 3.69. The Bertz CT molecular complexity index is 1060. The maximum Gasteiger partial charge on any atom is 0.257 e. The minimum absolute atomic E-state index is 0.0898. The summed E-state index contributed by atoms with van der Waals surface area (Å²) >= 11 is 0. The Morgan fingerprint density at radius 2 is 2.00 bits per heavy atom. The van der Waals surface area contributed by atoms with Crippen molar-refractivity contribution in [3.63, 3.8) is 0 Å². The molecule has 1 aromatic heterocycles. The Kier molecular flexibility index (Phi) is 6.48. The number of benzene rings is 2. The fourth-order valence-electron chi connectivity index (χ4n) is 3.36. The summed E-state index contributed by atoms with van der Waals surface area (Å²) in [7, 11) is 1.61. The van der Waals surface area contributed by atoms with Gasteiger partial charge in [0.2, 0.25) is 5.88 Å². The molecule has 0 radical (unpaired) electrons. The Morgan fingerprint density at radius 3 is 2.77 bits per heavy atom. The van der Waals surface area contributed by atoms with Crippen molar-refractivity contribution in [2.24, 2.45) is 5.92 Å². The van der Waals surface area contributed by atoms with Crippen LogP contribution in [0.4, 0.5) is 0 Å². The Morgan fingerprint density at radius 1 is 1.16 bits per heavy atom. The lowest BCUT2D eigenvalue weighted by molar-refractivity contribution is 0.0945. The number of carbonyl (C=O) groups excluding carboxylic acids is 1. The number of hydrogen-bond donors (Lipinski definition) is 2. The highest BCUT2D eigenvalue weighted by Gasteiger charge is 2.24. The third-order valence-electron chi connectivity index (χ3n) is 5.33. The fourth-order valence-corrected chi connectivity index (χ4v) is 3.36. The Labute approximate surface area is 181 Å². The second kappa shape index (κ2) is 9.62. The third-order valence-corrected chi connectivity index (χ3v) is 5.33. The van der Waals surface area contributed by atoms with Gasteiger partial charge >= 0.3 is 0 Å². The highest BCUT2D eigenvalue weighted by molar-refractivity contribution is 5.97. The van der Waals surface area contributed by atoms with E-state index >= 15 is 0 Å². The highest BCUT2D eigenvalue weighted by atomic mass is 16.5. The summed E-state index contributed by atoms with van der Waals surface area (Å²) in [5, 5.41) is 12.6. The van der Waals surface area contributed by atoms with Gasteiger partial charge in [-0.1, -0.05) is 36.4 Å². The van der Waals surface area contributed by atoms with Gasteiger partial charge in [0.15, 0.2) is 0 Å². The molecule has 0 unspecified atom stereocenters. The van der Waals surface area contributed by atoms with E-state index in [0.717, 1.165) is 40.8 Å². The zero-order valence-corrected chi connectivity index (χ0v) is 17.5. The quantitative estimate of drug-likeness (QED) is 0.550. The van der Waals surface area contributed by atoms with Gasteiger partial charge in [-0.15, -0.1) is 0 Å². The minimum Gasteiger partial charge on any atom is -0.497 e. The van der Waals surface area contributed by atoms with Crippen LogP contribution in [0.2, 0.25) is 0 Å². The van der Waals surface area contributed by atoms with Crippen LogP contribution in [0.15, 0.2) is 60.8 Å². The average Bonchev–Trinajstić information content (AvgIpc) is 3.66. The topological polar surface area (TPSA) is 80.7 Å². The van der Waals surface area contributed by atoms with Crippen molar-refractivity contribution in [1.29, 1.82) is 0 Å². The van der Waals surface area contributed by atoms with Crippen LogP contribution in [0.5, 0.6) is 11.6 Å². The number of hydrogen-bond acceptors (Lipinski definition) is 5. The van der Waals surface area contributed by atoms with Gasteiger partial charge in [0.05, 0.1) is 20.3 Å². The van der Waals surface area contributed by atoms with E-state index < -0.39 is 0 Å². The highest BCUT2D eigenvalue weighted by Crippen LogP contribution is 2.31. The van der Waals surface area contributed by atoms with E-state index in [4.69, 9.17) is 9.47 Å². The molecule has 1 fully saturated rings. The summed E-state index contributed by atoms with van der Waals surface area (Å²) < 4.78 is 11.1. The molecule has 0 aliphatic heterocycles. The van der Waals surface area contributed by atoms with Crippen LogP contribution in [0.3, 0.4) is 0 Å². The van der Waals surface area contributed by atoms with E-state index in [1.165, 1.54) is 0 Å². The van der Waals surface area contributed by atoms with Gasteiger partial charge < -0.3 is 19.9 Å². The predicted octanol–water partition coefficient (Wildman–Crippen LogP) is 3.97. The number of nitrogens with one attached hydrogen (secondary N) is 1. The Hall–Kier alpha value is -3.38. The summed E-state index contributed by atoms with van der Waals surface area (Å²) in [6.45, 7) is 0.832. The number of rotatable bonds is 9. The first-order chi connectivity index (χ1) is 15.2. The molecule has 2 aromatic carbocycles. The van der Waals surface area contributed by atoms with Crippen molar-refractivity contribution < 1.29 is 19.4 Å². The van der Waals surface area contributed by atoms with E-state index in [-0.39, 0.29) is 12.5 Å². The number of aliphatic hydroxyl groups is 1. The van der Waals surface area contributed by atoms with Crippen molar-refractivity contribution in [3.8, 4) is 22.8 Å². The SMILES string of the molecule is COc1cccc(CNC(=O)c2cc(-c3ccccc3CO)cnc2OCC2CC2)c1. The lowest BCUT2D eigenvalue weighted by Gasteiger charge is -2.14. The summed E-state index contributed by atoms with van der Waals surface area (Å²) in [5.74, 6) is 1.36. The molecular formula is C25H26N2O4. The molecule has 6 heteroatoms. The third kappa shape index (κ3) is 5.22. The molecule has 0 spiro atoms. The second-order valence-corrected chi connectivity index (χ2v) is 7.68.